The molecule has 0 nitrogen and oxygen atoms in total. The van der Waals surface area contributed by atoms with Crippen LogP contribution in [0.25, 0.3) is 0 Å². The Balaban J connectivity index is 4.33. The Morgan fingerprint density at radius 2 is 1.37 bits per heavy atom. The molecule has 0 fully saturated rings. The van der Waals surface area contributed by atoms with Gasteiger partial charge in [-0.2, -0.15) is 0 Å². The van der Waals surface area contributed by atoms with Crippen molar-refractivity contribution in [3.05, 3.63) is 0 Å². The zero-order valence-electron chi connectivity index (χ0n) is 15.1. The van der Waals surface area contributed by atoms with Gasteiger partial charge in [-0.15, -0.1) is 0 Å². The molecule has 0 aromatic heterocycles. The van der Waals surface area contributed by atoms with Crippen LogP contribution in [-0.4, -0.2) is 0 Å². The van der Waals surface area contributed by atoms with Gasteiger partial charge in [-0.25, -0.2) is 0 Å². The van der Waals surface area contributed by atoms with E-state index in [1.165, 1.54) is 38.5 Å². The molecule has 19 heavy (non-hydrogen) atoms. The number of unbranched alkanes of at least 4 members (excludes halogenated alkanes) is 1. The minimum absolute atomic E-state index is 0.535. The van der Waals surface area contributed by atoms with E-state index < -0.39 is 0 Å². The van der Waals surface area contributed by atoms with Gasteiger partial charge in [0.2, 0.25) is 0 Å². The summed E-state index contributed by atoms with van der Waals surface area (Å²) in [6, 6.07) is 0. The molecule has 0 aromatic carbocycles. The molecule has 4 atom stereocenters. The third-order valence-electron chi connectivity index (χ3n) is 6.06. The molecular formula is C19H40. The largest absolute Gasteiger partial charge is 0.0654 e. The third-order valence-corrected chi connectivity index (χ3v) is 6.06. The average molecular weight is 269 g/mol. The Bertz CT molecular complexity index is 218. The molecule has 0 saturated carbocycles. The molecule has 4 unspecified atom stereocenters. The summed E-state index contributed by atoms with van der Waals surface area (Å²) in [6.07, 6.45) is 8.29. The minimum Gasteiger partial charge on any atom is -0.0654 e. The van der Waals surface area contributed by atoms with Crippen molar-refractivity contribution in [1.29, 1.82) is 0 Å². The Morgan fingerprint density at radius 3 is 1.79 bits per heavy atom. The second-order valence-electron chi connectivity index (χ2n) is 7.68. The molecule has 0 rings (SSSR count). The van der Waals surface area contributed by atoms with Crippen molar-refractivity contribution in [3.8, 4) is 0 Å². The minimum atomic E-state index is 0.535. The fourth-order valence-corrected chi connectivity index (χ4v) is 3.18. The molecule has 0 aliphatic heterocycles. The average Bonchev–Trinajstić information content (AvgIpc) is 2.40. The van der Waals surface area contributed by atoms with Crippen LogP contribution in [0, 0.1) is 29.1 Å². The first-order valence-electron chi connectivity index (χ1n) is 8.78. The van der Waals surface area contributed by atoms with Crippen LogP contribution < -0.4 is 0 Å². The zero-order chi connectivity index (χ0) is 15.1. The summed E-state index contributed by atoms with van der Waals surface area (Å²) in [5.74, 6) is 3.42. The lowest BCUT2D eigenvalue weighted by Crippen LogP contribution is -2.29. The van der Waals surface area contributed by atoms with Crippen molar-refractivity contribution in [2.75, 3.05) is 0 Å². The van der Waals surface area contributed by atoms with Gasteiger partial charge in [-0.1, -0.05) is 81.1 Å². The second kappa shape index (κ2) is 9.03. The predicted molar refractivity (Wildman–Crippen MR) is 89.5 cm³/mol. The van der Waals surface area contributed by atoms with Crippen LogP contribution in [0.4, 0.5) is 0 Å². The van der Waals surface area contributed by atoms with Crippen molar-refractivity contribution in [2.45, 2.75) is 93.9 Å². The van der Waals surface area contributed by atoms with Crippen molar-refractivity contribution < 1.29 is 0 Å². The predicted octanol–water partition coefficient (Wildman–Crippen LogP) is 6.94. The lowest BCUT2D eigenvalue weighted by Gasteiger charge is -2.39. The quantitative estimate of drug-likeness (QED) is 0.402. The molecule has 0 amide bonds. The van der Waals surface area contributed by atoms with E-state index in [2.05, 4.69) is 55.4 Å². The number of hydrogen-bond acceptors (Lipinski definition) is 0. The number of rotatable bonds is 10. The first kappa shape index (κ1) is 19.0. The molecule has 116 valence electrons. The maximum Gasteiger partial charge on any atom is -0.0300 e. The highest BCUT2D eigenvalue weighted by molar-refractivity contribution is 4.81. The third kappa shape index (κ3) is 6.32. The highest BCUT2D eigenvalue weighted by atomic mass is 14.4. The summed E-state index contributed by atoms with van der Waals surface area (Å²) in [4.78, 5) is 0. The summed E-state index contributed by atoms with van der Waals surface area (Å²) in [7, 11) is 0. The normalized spacial score (nSPS) is 20.1. The van der Waals surface area contributed by atoms with E-state index in [-0.39, 0.29) is 0 Å². The molecule has 0 spiro atoms. The molecule has 0 aromatic rings. The molecule has 0 N–H and O–H groups in total. The molecule has 0 heterocycles. The van der Waals surface area contributed by atoms with Gasteiger partial charge < -0.3 is 0 Å². The highest BCUT2D eigenvalue weighted by Gasteiger charge is 2.31. The van der Waals surface area contributed by atoms with Gasteiger partial charge in [-0.05, 0) is 41.9 Å². The van der Waals surface area contributed by atoms with Crippen molar-refractivity contribution >= 4 is 0 Å². The summed E-state index contributed by atoms with van der Waals surface area (Å²) >= 11 is 0. The fraction of sp³-hybridized carbons (Fsp3) is 1.00. The molecule has 0 saturated heterocycles. The summed E-state index contributed by atoms with van der Waals surface area (Å²) in [6.45, 7) is 19.3. The van der Waals surface area contributed by atoms with Crippen LogP contribution in [0.3, 0.4) is 0 Å². The van der Waals surface area contributed by atoms with Crippen LogP contribution in [0.1, 0.15) is 93.9 Å². The smallest absolute Gasteiger partial charge is 0.0300 e. The fourth-order valence-electron chi connectivity index (χ4n) is 3.18. The van der Waals surface area contributed by atoms with Crippen molar-refractivity contribution in [2.24, 2.45) is 29.1 Å². The van der Waals surface area contributed by atoms with Gasteiger partial charge in [0, 0.05) is 0 Å². The Morgan fingerprint density at radius 1 is 0.842 bits per heavy atom. The van der Waals surface area contributed by atoms with E-state index in [1.807, 2.05) is 0 Å². The van der Waals surface area contributed by atoms with Crippen LogP contribution in [0.15, 0.2) is 0 Å². The van der Waals surface area contributed by atoms with Crippen LogP contribution in [0.2, 0.25) is 0 Å². The van der Waals surface area contributed by atoms with Gasteiger partial charge in [0.1, 0.15) is 0 Å². The first-order chi connectivity index (χ1) is 8.78. The lowest BCUT2D eigenvalue weighted by molar-refractivity contribution is 0.116. The zero-order valence-corrected chi connectivity index (χ0v) is 15.1. The Kier molecular flexibility index (Phi) is 9.03. The van der Waals surface area contributed by atoms with Gasteiger partial charge in [0.25, 0.3) is 0 Å². The maximum absolute atomic E-state index is 2.51. The molecule has 0 bridgehead atoms. The van der Waals surface area contributed by atoms with Gasteiger partial charge in [0.15, 0.2) is 0 Å². The lowest BCUT2D eigenvalue weighted by atomic mass is 9.67. The standard InChI is InChI=1S/C19H40/c1-9-11-12-16(5)17(6)13-14-19(8,10-2)18(7)15(3)4/h15-18H,9-14H2,1-8H3. The first-order valence-corrected chi connectivity index (χ1v) is 8.78. The summed E-state index contributed by atoms with van der Waals surface area (Å²) < 4.78 is 0. The van der Waals surface area contributed by atoms with Crippen LogP contribution >= 0.6 is 0 Å². The van der Waals surface area contributed by atoms with Gasteiger partial charge >= 0.3 is 0 Å². The maximum atomic E-state index is 2.51. The Labute approximate surface area is 123 Å². The summed E-state index contributed by atoms with van der Waals surface area (Å²) in [5, 5.41) is 0. The van der Waals surface area contributed by atoms with E-state index in [0.717, 1.165) is 23.7 Å². The highest BCUT2D eigenvalue weighted by Crippen LogP contribution is 2.41. The van der Waals surface area contributed by atoms with E-state index in [1.54, 1.807) is 0 Å². The number of hydrogen-bond donors (Lipinski definition) is 0. The van der Waals surface area contributed by atoms with Crippen LogP contribution in [-0.2, 0) is 0 Å². The topological polar surface area (TPSA) is 0 Å². The van der Waals surface area contributed by atoms with E-state index in [9.17, 15) is 0 Å². The molecular weight excluding hydrogens is 228 g/mol. The van der Waals surface area contributed by atoms with Crippen molar-refractivity contribution in [1.82, 2.24) is 0 Å². The molecule has 0 radical (unpaired) electrons. The van der Waals surface area contributed by atoms with Crippen molar-refractivity contribution in [3.63, 3.8) is 0 Å². The molecule has 0 aliphatic rings. The molecule has 0 aliphatic carbocycles. The van der Waals surface area contributed by atoms with Gasteiger partial charge in [0.05, 0.1) is 0 Å². The van der Waals surface area contributed by atoms with Crippen LogP contribution in [0.5, 0.6) is 0 Å². The summed E-state index contributed by atoms with van der Waals surface area (Å²) in [5.41, 5.74) is 0.535. The van der Waals surface area contributed by atoms with E-state index in [0.29, 0.717) is 5.41 Å². The SMILES string of the molecule is CCCCC(C)C(C)CCC(C)(CC)C(C)C(C)C. The van der Waals surface area contributed by atoms with Gasteiger partial charge in [-0.3, -0.25) is 0 Å². The molecule has 0 heteroatoms. The monoisotopic (exact) mass is 268 g/mol. The van der Waals surface area contributed by atoms with E-state index in [4.69, 9.17) is 0 Å². The van der Waals surface area contributed by atoms with E-state index >= 15 is 0 Å². The Hall–Kier alpha value is 0. The second-order valence-corrected chi connectivity index (χ2v) is 7.68.